The molecule has 0 saturated carbocycles. The summed E-state index contributed by atoms with van der Waals surface area (Å²) in [6, 6.07) is 14.5. The van der Waals surface area contributed by atoms with Crippen molar-refractivity contribution in [3.05, 3.63) is 71.5 Å². The molecule has 1 atom stereocenters. The van der Waals surface area contributed by atoms with Crippen LogP contribution in [0, 0.1) is 0 Å². The Hall–Kier alpha value is -3.61. The summed E-state index contributed by atoms with van der Waals surface area (Å²) in [5.74, 6) is -0.342. The maximum atomic E-state index is 13.6. The highest BCUT2D eigenvalue weighted by atomic mass is 16.5. The van der Waals surface area contributed by atoms with Gasteiger partial charge in [-0.15, -0.1) is 0 Å². The lowest BCUT2D eigenvalue weighted by Crippen LogP contribution is -2.38. The molecule has 7 nitrogen and oxygen atoms in total. The van der Waals surface area contributed by atoms with Gasteiger partial charge >= 0.3 is 5.97 Å². The number of hydrogen-bond acceptors (Lipinski definition) is 5. The summed E-state index contributed by atoms with van der Waals surface area (Å²) in [6.07, 6.45) is 9.33. The predicted octanol–water partition coefficient (Wildman–Crippen LogP) is 5.94. The van der Waals surface area contributed by atoms with Crippen molar-refractivity contribution >= 4 is 28.9 Å². The molecule has 7 heteroatoms. The van der Waals surface area contributed by atoms with Crippen molar-refractivity contribution in [1.29, 1.82) is 0 Å². The molecule has 1 aromatic carbocycles. The van der Waals surface area contributed by atoms with Gasteiger partial charge in [-0.25, -0.2) is 0 Å². The highest BCUT2D eigenvalue weighted by Gasteiger charge is 2.18. The van der Waals surface area contributed by atoms with E-state index in [0.29, 0.717) is 43.5 Å². The van der Waals surface area contributed by atoms with E-state index in [-0.39, 0.29) is 17.7 Å². The van der Waals surface area contributed by atoms with E-state index < -0.39 is 6.04 Å². The molecule has 3 rings (SSSR count). The molecule has 0 spiro atoms. The second-order valence-corrected chi connectivity index (χ2v) is 9.65. The number of carbonyl (C=O) groups excluding carboxylic acids is 3. The van der Waals surface area contributed by atoms with Crippen LogP contribution in [0.2, 0.25) is 0 Å². The number of ketones is 1. The van der Waals surface area contributed by atoms with Gasteiger partial charge in [-0.3, -0.25) is 14.4 Å². The minimum atomic E-state index is -0.419. The van der Waals surface area contributed by atoms with E-state index in [0.717, 1.165) is 29.7 Å². The van der Waals surface area contributed by atoms with E-state index >= 15 is 0 Å². The van der Waals surface area contributed by atoms with E-state index in [1.165, 1.54) is 19.3 Å². The van der Waals surface area contributed by atoms with Crippen LogP contribution in [0.15, 0.2) is 54.7 Å². The number of pyridine rings is 1. The van der Waals surface area contributed by atoms with Gasteiger partial charge in [-0.2, -0.15) is 0 Å². The van der Waals surface area contributed by atoms with Crippen LogP contribution >= 0.6 is 0 Å². The Morgan fingerprint density at radius 3 is 2.55 bits per heavy atom. The first-order chi connectivity index (χ1) is 18.4. The molecule has 2 N–H and O–H groups in total. The Balaban J connectivity index is 1.65. The number of nitrogens with one attached hydrogen (secondary N) is 2. The zero-order chi connectivity index (χ0) is 27.3. The van der Waals surface area contributed by atoms with Crippen molar-refractivity contribution in [2.24, 2.45) is 0 Å². The van der Waals surface area contributed by atoms with Gasteiger partial charge < -0.3 is 19.8 Å². The third-order valence-electron chi connectivity index (χ3n) is 6.60. The van der Waals surface area contributed by atoms with Crippen LogP contribution in [-0.2, 0) is 20.7 Å². The molecule has 3 aromatic rings. The lowest BCUT2D eigenvalue weighted by molar-refractivity contribution is -0.143. The number of unbranched alkanes of at least 4 members (excludes halogenated alkanes) is 4. The van der Waals surface area contributed by atoms with Gasteiger partial charge in [-0.1, -0.05) is 50.8 Å². The zero-order valence-corrected chi connectivity index (χ0v) is 22.9. The van der Waals surface area contributed by atoms with Crippen LogP contribution in [0.3, 0.4) is 0 Å². The molecule has 0 aliphatic rings. The molecule has 0 saturated heterocycles. The van der Waals surface area contributed by atoms with Crippen molar-refractivity contribution < 1.29 is 19.1 Å². The number of rotatable bonds is 16. The molecule has 2 heterocycles. The van der Waals surface area contributed by atoms with Gasteiger partial charge in [0.1, 0.15) is 6.04 Å². The normalized spacial score (nSPS) is 11.8. The van der Waals surface area contributed by atoms with E-state index in [4.69, 9.17) is 4.74 Å². The molecule has 38 heavy (non-hydrogen) atoms. The minimum Gasteiger partial charge on any atom is -0.466 e. The van der Waals surface area contributed by atoms with Crippen LogP contribution < -0.4 is 10.6 Å². The van der Waals surface area contributed by atoms with Gasteiger partial charge in [0.25, 0.3) is 0 Å². The smallest absolute Gasteiger partial charge is 0.305 e. The summed E-state index contributed by atoms with van der Waals surface area (Å²) in [5.41, 5.74) is 3.69. The first kappa shape index (κ1) is 29.0. The summed E-state index contributed by atoms with van der Waals surface area (Å²) in [6.45, 7) is 6.86. The molecule has 1 unspecified atom stereocenters. The standard InChI is InChI=1S/C31H41N3O4/c1-4-6-7-8-10-19-32-31(37)23(3)33-25-15-12-14-24(21-25)30(36)27-22-26(16-13-18-29(35)38-5-2)34-20-11-9-17-28(27)34/h9,11-12,14-15,17,20-23,33H,4-8,10,13,16,18-19H2,1-3H3,(H,32,37). The van der Waals surface area contributed by atoms with Crippen LogP contribution in [0.4, 0.5) is 5.69 Å². The van der Waals surface area contributed by atoms with Crippen LogP contribution in [0.25, 0.3) is 5.52 Å². The van der Waals surface area contributed by atoms with Crippen molar-refractivity contribution in [2.45, 2.75) is 78.2 Å². The fourth-order valence-electron chi connectivity index (χ4n) is 4.56. The second kappa shape index (κ2) is 15.0. The Morgan fingerprint density at radius 1 is 0.947 bits per heavy atom. The highest BCUT2D eigenvalue weighted by molar-refractivity contribution is 6.13. The number of amides is 1. The molecule has 204 valence electrons. The van der Waals surface area contributed by atoms with E-state index in [1.54, 1.807) is 19.1 Å². The van der Waals surface area contributed by atoms with Crippen LogP contribution in [-0.4, -0.2) is 41.3 Å². The minimum absolute atomic E-state index is 0.0527. The highest BCUT2D eigenvalue weighted by Crippen LogP contribution is 2.23. The quantitative estimate of drug-likeness (QED) is 0.139. The first-order valence-electron chi connectivity index (χ1n) is 13.9. The number of aryl methyl sites for hydroxylation is 1. The van der Waals surface area contributed by atoms with E-state index in [9.17, 15) is 14.4 Å². The van der Waals surface area contributed by atoms with Crippen LogP contribution in [0.5, 0.6) is 0 Å². The second-order valence-electron chi connectivity index (χ2n) is 9.65. The van der Waals surface area contributed by atoms with Crippen molar-refractivity contribution in [1.82, 2.24) is 9.72 Å². The lowest BCUT2D eigenvalue weighted by Gasteiger charge is -2.16. The lowest BCUT2D eigenvalue weighted by atomic mass is 10.0. The summed E-state index contributed by atoms with van der Waals surface area (Å²) in [4.78, 5) is 37.8. The summed E-state index contributed by atoms with van der Waals surface area (Å²) < 4.78 is 7.04. The monoisotopic (exact) mass is 519 g/mol. The number of esters is 1. The van der Waals surface area contributed by atoms with Gasteiger partial charge in [0, 0.05) is 41.7 Å². The molecule has 0 aliphatic carbocycles. The van der Waals surface area contributed by atoms with Crippen molar-refractivity contribution in [3.63, 3.8) is 0 Å². The molecule has 0 aliphatic heterocycles. The van der Waals surface area contributed by atoms with E-state index in [1.807, 2.05) is 53.9 Å². The number of ether oxygens (including phenoxy) is 1. The molecule has 0 fully saturated rings. The SMILES string of the molecule is CCCCCCCNC(=O)C(C)Nc1cccc(C(=O)c2cc(CCCC(=O)OCC)n3ccccc23)c1. The van der Waals surface area contributed by atoms with Gasteiger partial charge in [-0.05, 0) is 63.4 Å². The topological polar surface area (TPSA) is 88.9 Å². The summed E-state index contributed by atoms with van der Waals surface area (Å²) >= 11 is 0. The van der Waals surface area contributed by atoms with Crippen molar-refractivity contribution in [2.75, 3.05) is 18.5 Å². The van der Waals surface area contributed by atoms with Crippen LogP contribution in [0.1, 0.15) is 87.3 Å². The fourth-order valence-corrected chi connectivity index (χ4v) is 4.56. The number of hydrogen-bond donors (Lipinski definition) is 2. The van der Waals surface area contributed by atoms with Gasteiger partial charge in [0.05, 0.1) is 12.1 Å². The average Bonchev–Trinajstić information content (AvgIpc) is 3.29. The Morgan fingerprint density at radius 2 is 1.76 bits per heavy atom. The number of fused-ring (bicyclic) bond motifs is 1. The number of anilines is 1. The zero-order valence-electron chi connectivity index (χ0n) is 22.9. The number of carbonyl (C=O) groups is 3. The maximum absolute atomic E-state index is 13.6. The number of benzene rings is 1. The molecule has 2 aromatic heterocycles. The largest absolute Gasteiger partial charge is 0.466 e. The Bertz CT molecular complexity index is 1220. The average molecular weight is 520 g/mol. The predicted molar refractivity (Wildman–Crippen MR) is 152 cm³/mol. The van der Waals surface area contributed by atoms with E-state index in [2.05, 4.69) is 17.6 Å². The fraction of sp³-hybridized carbons (Fsp3) is 0.452. The molecule has 1 amide bonds. The summed E-state index contributed by atoms with van der Waals surface area (Å²) in [7, 11) is 0. The third-order valence-corrected chi connectivity index (χ3v) is 6.60. The van der Waals surface area contributed by atoms with Gasteiger partial charge in [0.2, 0.25) is 5.91 Å². The number of aromatic nitrogens is 1. The molecular weight excluding hydrogens is 478 g/mol. The third kappa shape index (κ3) is 8.20. The van der Waals surface area contributed by atoms with Gasteiger partial charge in [0.15, 0.2) is 5.78 Å². The number of nitrogens with zero attached hydrogens (tertiary/aromatic N) is 1. The maximum Gasteiger partial charge on any atom is 0.305 e. The molecule has 0 radical (unpaired) electrons. The molecule has 0 bridgehead atoms. The Labute approximate surface area is 226 Å². The molecular formula is C31H41N3O4. The Kier molecular flexibility index (Phi) is 11.4. The first-order valence-corrected chi connectivity index (χ1v) is 13.9. The van der Waals surface area contributed by atoms with Crippen molar-refractivity contribution in [3.8, 4) is 0 Å². The summed E-state index contributed by atoms with van der Waals surface area (Å²) in [5, 5.41) is 6.22.